The van der Waals surface area contributed by atoms with Crippen molar-refractivity contribution < 1.29 is 14.6 Å². The molecule has 0 fully saturated rings. The normalized spacial score (nSPS) is 10.4. The summed E-state index contributed by atoms with van der Waals surface area (Å²) in [6.45, 7) is 8.25. The van der Waals surface area contributed by atoms with Gasteiger partial charge in [0.15, 0.2) is 0 Å². The van der Waals surface area contributed by atoms with Crippen molar-refractivity contribution in [2.75, 3.05) is 0 Å². The lowest BCUT2D eigenvalue weighted by Gasteiger charge is -2.17. The summed E-state index contributed by atoms with van der Waals surface area (Å²) in [6.07, 6.45) is 1.42. The minimum absolute atomic E-state index is 0.492. The van der Waals surface area contributed by atoms with Crippen molar-refractivity contribution >= 4 is 6.16 Å². The first-order valence-electron chi connectivity index (χ1n) is 6.10. The smallest absolute Gasteiger partial charge is 0.449 e. The van der Waals surface area contributed by atoms with Gasteiger partial charge < -0.3 is 9.84 Å². The van der Waals surface area contributed by atoms with Gasteiger partial charge in [-0.05, 0) is 54.5 Å². The fourth-order valence-corrected chi connectivity index (χ4v) is 2.43. The summed E-state index contributed by atoms with van der Waals surface area (Å²) in [5, 5.41) is 8.75. The number of hydrogen-bond donors (Lipinski definition) is 1. The van der Waals surface area contributed by atoms with E-state index in [4.69, 9.17) is 9.84 Å². The Morgan fingerprint density at radius 3 is 2.06 bits per heavy atom. The van der Waals surface area contributed by atoms with Crippen molar-refractivity contribution in [3.8, 4) is 5.75 Å². The Morgan fingerprint density at radius 2 is 1.65 bits per heavy atom. The van der Waals surface area contributed by atoms with Crippen LogP contribution in [0.3, 0.4) is 0 Å². The van der Waals surface area contributed by atoms with Crippen LogP contribution >= 0.6 is 0 Å². The molecule has 1 N–H and O–H groups in total. The average Bonchev–Trinajstić information content (AvgIpc) is 2.27. The molecule has 0 aliphatic heterocycles. The highest BCUT2D eigenvalue weighted by Crippen LogP contribution is 2.30. The van der Waals surface area contributed by atoms with Crippen LogP contribution in [0.4, 0.5) is 4.79 Å². The molecular formula is C14H20O3. The van der Waals surface area contributed by atoms with Crippen molar-refractivity contribution in [1.82, 2.24) is 0 Å². The van der Waals surface area contributed by atoms with Gasteiger partial charge in [-0.3, -0.25) is 0 Å². The van der Waals surface area contributed by atoms with E-state index in [1.807, 2.05) is 19.9 Å². The molecule has 0 aliphatic carbocycles. The number of ether oxygens (including phenoxy) is 1. The van der Waals surface area contributed by atoms with Crippen LogP contribution in [0.15, 0.2) is 6.07 Å². The third kappa shape index (κ3) is 2.78. The van der Waals surface area contributed by atoms with E-state index < -0.39 is 6.16 Å². The van der Waals surface area contributed by atoms with E-state index in [1.54, 1.807) is 0 Å². The lowest BCUT2D eigenvalue weighted by atomic mass is 9.91. The third-order valence-electron chi connectivity index (χ3n) is 3.11. The fourth-order valence-electron chi connectivity index (χ4n) is 2.43. The summed E-state index contributed by atoms with van der Waals surface area (Å²) in [5.41, 5.74) is 4.70. The van der Waals surface area contributed by atoms with Crippen LogP contribution in [0.2, 0.25) is 0 Å². The molecule has 1 rings (SSSR count). The van der Waals surface area contributed by atoms with Gasteiger partial charge in [0.05, 0.1) is 0 Å². The monoisotopic (exact) mass is 236 g/mol. The van der Waals surface area contributed by atoms with Gasteiger partial charge in [0, 0.05) is 0 Å². The maximum absolute atomic E-state index is 10.7. The van der Waals surface area contributed by atoms with E-state index in [1.165, 1.54) is 11.1 Å². The minimum Gasteiger partial charge on any atom is -0.449 e. The van der Waals surface area contributed by atoms with Gasteiger partial charge in [-0.2, -0.15) is 0 Å². The Labute approximate surface area is 102 Å². The fraction of sp³-hybridized carbons (Fsp3) is 0.500. The largest absolute Gasteiger partial charge is 0.511 e. The molecule has 0 heterocycles. The highest BCUT2D eigenvalue weighted by molar-refractivity contribution is 5.63. The number of carboxylic acid groups (broad SMARTS) is 1. The topological polar surface area (TPSA) is 46.5 Å². The van der Waals surface area contributed by atoms with Gasteiger partial charge in [0.25, 0.3) is 0 Å². The Morgan fingerprint density at radius 1 is 1.12 bits per heavy atom. The molecule has 1 aromatic rings. The van der Waals surface area contributed by atoms with Gasteiger partial charge in [-0.15, -0.1) is 0 Å². The SMILES string of the molecule is CCc1c(C)cc(OC(=O)O)c(CC)c1CC. The molecule has 3 heteroatoms. The molecule has 1 aromatic carbocycles. The lowest BCUT2D eigenvalue weighted by molar-refractivity contribution is 0.144. The predicted octanol–water partition coefficient (Wildman–Crippen LogP) is 3.74. The molecule has 0 atom stereocenters. The molecule has 0 saturated heterocycles. The van der Waals surface area contributed by atoms with Crippen LogP contribution in [-0.4, -0.2) is 11.3 Å². The van der Waals surface area contributed by atoms with E-state index in [0.29, 0.717) is 5.75 Å². The molecular weight excluding hydrogens is 216 g/mol. The van der Waals surface area contributed by atoms with Gasteiger partial charge >= 0.3 is 6.16 Å². The molecule has 0 spiro atoms. The van der Waals surface area contributed by atoms with E-state index in [0.717, 1.165) is 30.4 Å². The average molecular weight is 236 g/mol. The van der Waals surface area contributed by atoms with Crippen LogP contribution in [0.25, 0.3) is 0 Å². The van der Waals surface area contributed by atoms with Crippen LogP contribution in [0.1, 0.15) is 43.0 Å². The first-order chi connectivity index (χ1) is 8.04. The maximum Gasteiger partial charge on any atom is 0.511 e. The predicted molar refractivity (Wildman–Crippen MR) is 68.0 cm³/mol. The molecule has 0 radical (unpaired) electrons. The third-order valence-corrected chi connectivity index (χ3v) is 3.11. The van der Waals surface area contributed by atoms with Gasteiger partial charge in [-0.25, -0.2) is 4.79 Å². The standard InChI is InChI=1S/C14H20O3/c1-5-10-9(4)8-13(17-14(15)16)12(7-3)11(10)6-2/h8H,5-7H2,1-4H3,(H,15,16). The van der Waals surface area contributed by atoms with Crippen molar-refractivity contribution in [3.63, 3.8) is 0 Å². The van der Waals surface area contributed by atoms with Gasteiger partial charge in [0.2, 0.25) is 0 Å². The lowest BCUT2D eigenvalue weighted by Crippen LogP contribution is -2.09. The molecule has 0 saturated carbocycles. The molecule has 3 nitrogen and oxygen atoms in total. The van der Waals surface area contributed by atoms with Crippen LogP contribution in [0, 0.1) is 6.92 Å². The maximum atomic E-state index is 10.7. The number of rotatable bonds is 4. The zero-order valence-corrected chi connectivity index (χ0v) is 11.0. The number of carbonyl (C=O) groups is 1. The van der Waals surface area contributed by atoms with Gasteiger partial charge in [0.1, 0.15) is 5.75 Å². The minimum atomic E-state index is -1.24. The highest BCUT2D eigenvalue weighted by atomic mass is 16.7. The quantitative estimate of drug-likeness (QED) is 0.640. The zero-order chi connectivity index (χ0) is 13.0. The number of aryl methyl sites for hydroxylation is 1. The van der Waals surface area contributed by atoms with Crippen LogP contribution < -0.4 is 4.74 Å². The molecule has 94 valence electrons. The molecule has 17 heavy (non-hydrogen) atoms. The summed E-state index contributed by atoms with van der Waals surface area (Å²) in [4.78, 5) is 10.7. The zero-order valence-electron chi connectivity index (χ0n) is 11.0. The second kappa shape index (κ2) is 5.71. The highest BCUT2D eigenvalue weighted by Gasteiger charge is 2.15. The van der Waals surface area contributed by atoms with E-state index in [9.17, 15) is 4.79 Å². The second-order valence-corrected chi connectivity index (χ2v) is 4.06. The van der Waals surface area contributed by atoms with Crippen LogP contribution in [0.5, 0.6) is 5.75 Å². The number of benzene rings is 1. The molecule has 0 unspecified atom stereocenters. The first-order valence-corrected chi connectivity index (χ1v) is 6.10. The van der Waals surface area contributed by atoms with Crippen molar-refractivity contribution in [2.24, 2.45) is 0 Å². The molecule has 0 aromatic heterocycles. The van der Waals surface area contributed by atoms with Crippen LogP contribution in [-0.2, 0) is 19.3 Å². The van der Waals surface area contributed by atoms with Crippen molar-refractivity contribution in [1.29, 1.82) is 0 Å². The van der Waals surface area contributed by atoms with E-state index >= 15 is 0 Å². The Bertz CT molecular complexity index is 422. The summed E-state index contributed by atoms with van der Waals surface area (Å²) >= 11 is 0. The second-order valence-electron chi connectivity index (χ2n) is 4.06. The van der Waals surface area contributed by atoms with Crippen molar-refractivity contribution in [2.45, 2.75) is 47.0 Å². The summed E-state index contributed by atoms with van der Waals surface area (Å²) in [7, 11) is 0. The Balaban J connectivity index is 3.41. The summed E-state index contributed by atoms with van der Waals surface area (Å²) in [5.74, 6) is 0.492. The Kier molecular flexibility index (Phi) is 4.55. The first kappa shape index (κ1) is 13.6. The Hall–Kier alpha value is -1.51. The summed E-state index contributed by atoms with van der Waals surface area (Å²) < 4.78 is 4.88. The van der Waals surface area contributed by atoms with Gasteiger partial charge in [-0.1, -0.05) is 20.8 Å². The molecule has 0 aliphatic rings. The molecule has 0 amide bonds. The number of hydrogen-bond acceptors (Lipinski definition) is 2. The molecule has 0 bridgehead atoms. The van der Waals surface area contributed by atoms with E-state index in [2.05, 4.69) is 13.8 Å². The summed E-state index contributed by atoms with van der Waals surface area (Å²) in [6, 6.07) is 1.84. The van der Waals surface area contributed by atoms with Crippen molar-refractivity contribution in [3.05, 3.63) is 28.3 Å². The van der Waals surface area contributed by atoms with E-state index in [-0.39, 0.29) is 0 Å².